The number of nitrogens with zero attached hydrogens (tertiary/aromatic N) is 3. The number of piperazine rings is 1. The van der Waals surface area contributed by atoms with Crippen LogP contribution >= 0.6 is 0 Å². The van der Waals surface area contributed by atoms with Crippen molar-refractivity contribution in [2.24, 2.45) is 0 Å². The van der Waals surface area contributed by atoms with Crippen LogP contribution in [0.4, 0.5) is 11.4 Å². The van der Waals surface area contributed by atoms with E-state index in [2.05, 4.69) is 21.9 Å². The monoisotopic (exact) mass is 325 g/mol. The molecule has 1 heterocycles. The number of anilines is 1. The van der Waals surface area contributed by atoms with Crippen LogP contribution < -0.4 is 4.90 Å². The summed E-state index contributed by atoms with van der Waals surface area (Å²) < 4.78 is 0. The van der Waals surface area contributed by atoms with Crippen molar-refractivity contribution in [3.8, 4) is 0 Å². The van der Waals surface area contributed by atoms with Gasteiger partial charge in [-0.1, -0.05) is 30.3 Å². The first-order valence-electron chi connectivity index (χ1n) is 7.92. The van der Waals surface area contributed by atoms with Crippen LogP contribution in [0.5, 0.6) is 0 Å². The summed E-state index contributed by atoms with van der Waals surface area (Å²) >= 11 is 0. The molecule has 0 N–H and O–H groups in total. The molecular formula is C18H19N3O3. The number of rotatable bonds is 5. The number of benzene rings is 2. The topological polar surface area (TPSA) is 66.7 Å². The molecule has 0 radical (unpaired) electrons. The quantitative estimate of drug-likeness (QED) is 0.480. The van der Waals surface area contributed by atoms with E-state index < -0.39 is 4.92 Å². The molecule has 0 aliphatic carbocycles. The lowest BCUT2D eigenvalue weighted by Crippen LogP contribution is -2.46. The fraction of sp³-hybridized carbons (Fsp3) is 0.278. The lowest BCUT2D eigenvalue weighted by Gasteiger charge is -2.36. The summed E-state index contributed by atoms with van der Waals surface area (Å²) in [7, 11) is 0. The summed E-state index contributed by atoms with van der Waals surface area (Å²) in [5, 5.41) is 11.1. The summed E-state index contributed by atoms with van der Waals surface area (Å²) in [5.74, 6) is 0. The maximum Gasteiger partial charge on any atom is 0.281 e. The molecule has 0 atom stereocenters. The molecule has 0 spiro atoms. The molecular weight excluding hydrogens is 306 g/mol. The summed E-state index contributed by atoms with van der Waals surface area (Å²) in [6.07, 6.45) is 0.527. The molecule has 24 heavy (non-hydrogen) atoms. The van der Waals surface area contributed by atoms with Crippen molar-refractivity contribution in [3.05, 3.63) is 69.8 Å². The van der Waals surface area contributed by atoms with Gasteiger partial charge in [0.1, 0.15) is 0 Å². The second kappa shape index (κ2) is 7.23. The highest BCUT2D eigenvalue weighted by Gasteiger charge is 2.20. The first-order chi connectivity index (χ1) is 11.7. The molecule has 1 fully saturated rings. The Labute approximate surface area is 140 Å². The summed E-state index contributed by atoms with van der Waals surface area (Å²) in [5.41, 5.74) is 2.07. The van der Waals surface area contributed by atoms with Gasteiger partial charge in [0.25, 0.3) is 5.69 Å². The molecule has 124 valence electrons. The highest BCUT2D eigenvalue weighted by molar-refractivity contribution is 5.83. The average Bonchev–Trinajstić information content (AvgIpc) is 2.62. The lowest BCUT2D eigenvalue weighted by atomic mass is 10.1. The largest absolute Gasteiger partial charge is 0.369 e. The van der Waals surface area contributed by atoms with E-state index in [1.165, 1.54) is 17.7 Å². The summed E-state index contributed by atoms with van der Waals surface area (Å²) in [4.78, 5) is 26.0. The van der Waals surface area contributed by atoms with Gasteiger partial charge in [0.2, 0.25) is 0 Å². The Morgan fingerprint density at radius 1 is 1.04 bits per heavy atom. The predicted molar refractivity (Wildman–Crippen MR) is 92.4 cm³/mol. The van der Waals surface area contributed by atoms with Gasteiger partial charge in [0, 0.05) is 44.5 Å². The van der Waals surface area contributed by atoms with Crippen molar-refractivity contribution in [3.63, 3.8) is 0 Å². The van der Waals surface area contributed by atoms with Crippen molar-refractivity contribution in [2.75, 3.05) is 31.1 Å². The SMILES string of the molecule is O=Cc1ccc(N2CCN(Cc3ccccc3)CC2)cc1[N+](=O)[O-]. The zero-order chi connectivity index (χ0) is 16.9. The number of hydrogen-bond acceptors (Lipinski definition) is 5. The van der Waals surface area contributed by atoms with Crippen LogP contribution in [0.1, 0.15) is 15.9 Å². The van der Waals surface area contributed by atoms with Crippen molar-refractivity contribution in [2.45, 2.75) is 6.54 Å². The molecule has 0 amide bonds. The molecule has 6 nitrogen and oxygen atoms in total. The summed E-state index contributed by atoms with van der Waals surface area (Å²) in [6.45, 7) is 4.34. The van der Waals surface area contributed by atoms with E-state index in [1.807, 2.05) is 18.2 Å². The normalized spacial score (nSPS) is 15.2. The smallest absolute Gasteiger partial charge is 0.281 e. The van der Waals surface area contributed by atoms with Crippen molar-refractivity contribution < 1.29 is 9.72 Å². The van der Waals surface area contributed by atoms with Gasteiger partial charge in [0.15, 0.2) is 6.29 Å². The van der Waals surface area contributed by atoms with Gasteiger partial charge < -0.3 is 4.90 Å². The van der Waals surface area contributed by atoms with Gasteiger partial charge in [-0.2, -0.15) is 0 Å². The van der Waals surface area contributed by atoms with Gasteiger partial charge in [-0.3, -0.25) is 19.8 Å². The van der Waals surface area contributed by atoms with Gasteiger partial charge in [0.05, 0.1) is 10.5 Å². The predicted octanol–water partition coefficient (Wildman–Crippen LogP) is 2.73. The zero-order valence-electron chi connectivity index (χ0n) is 13.3. The summed E-state index contributed by atoms with van der Waals surface area (Å²) in [6, 6.07) is 15.1. The Morgan fingerprint density at radius 3 is 2.38 bits per heavy atom. The number of nitro benzene ring substituents is 1. The number of aldehydes is 1. The first-order valence-corrected chi connectivity index (χ1v) is 7.92. The van der Waals surface area contributed by atoms with E-state index in [4.69, 9.17) is 0 Å². The van der Waals surface area contributed by atoms with Gasteiger partial charge >= 0.3 is 0 Å². The average molecular weight is 325 g/mol. The minimum Gasteiger partial charge on any atom is -0.369 e. The van der Waals surface area contributed by atoms with Crippen LogP contribution in [0.15, 0.2) is 48.5 Å². The third-order valence-electron chi connectivity index (χ3n) is 4.32. The second-order valence-electron chi connectivity index (χ2n) is 5.87. The van der Waals surface area contributed by atoms with Crippen molar-refractivity contribution in [1.29, 1.82) is 0 Å². The Morgan fingerprint density at radius 2 is 1.75 bits per heavy atom. The second-order valence-corrected chi connectivity index (χ2v) is 5.87. The molecule has 1 aliphatic rings. The molecule has 0 unspecified atom stereocenters. The number of carbonyl (C=O) groups is 1. The zero-order valence-corrected chi connectivity index (χ0v) is 13.3. The van der Waals surface area contributed by atoms with Gasteiger partial charge in [-0.05, 0) is 17.7 Å². The van der Waals surface area contributed by atoms with Crippen LogP contribution in [0.2, 0.25) is 0 Å². The Bertz CT molecular complexity index is 726. The number of nitro groups is 1. The number of carbonyl (C=O) groups excluding carboxylic acids is 1. The molecule has 2 aromatic carbocycles. The fourth-order valence-corrected chi connectivity index (χ4v) is 2.99. The molecule has 0 bridgehead atoms. The van der Waals surface area contributed by atoms with E-state index in [-0.39, 0.29) is 11.3 Å². The number of hydrogen-bond donors (Lipinski definition) is 0. The molecule has 1 saturated heterocycles. The Balaban J connectivity index is 1.65. The molecule has 3 rings (SSSR count). The lowest BCUT2D eigenvalue weighted by molar-refractivity contribution is -0.385. The van der Waals surface area contributed by atoms with Crippen LogP contribution in [0, 0.1) is 10.1 Å². The Hall–Kier alpha value is -2.73. The minimum atomic E-state index is -0.501. The third-order valence-corrected chi connectivity index (χ3v) is 4.32. The van der Waals surface area contributed by atoms with E-state index in [9.17, 15) is 14.9 Å². The van der Waals surface area contributed by atoms with E-state index >= 15 is 0 Å². The highest BCUT2D eigenvalue weighted by Crippen LogP contribution is 2.25. The minimum absolute atomic E-state index is 0.117. The van der Waals surface area contributed by atoms with Crippen LogP contribution in [-0.2, 0) is 6.54 Å². The molecule has 6 heteroatoms. The van der Waals surface area contributed by atoms with Crippen molar-refractivity contribution >= 4 is 17.7 Å². The maximum atomic E-state index is 11.1. The highest BCUT2D eigenvalue weighted by atomic mass is 16.6. The Kier molecular flexibility index (Phi) is 4.86. The van der Waals surface area contributed by atoms with Crippen LogP contribution in [0.3, 0.4) is 0 Å². The van der Waals surface area contributed by atoms with Crippen LogP contribution in [-0.4, -0.2) is 42.3 Å². The molecule has 1 aliphatic heterocycles. The van der Waals surface area contributed by atoms with E-state index in [0.717, 1.165) is 38.4 Å². The van der Waals surface area contributed by atoms with Crippen LogP contribution in [0.25, 0.3) is 0 Å². The van der Waals surface area contributed by atoms with Gasteiger partial charge in [-0.15, -0.1) is 0 Å². The van der Waals surface area contributed by atoms with E-state index in [1.54, 1.807) is 6.07 Å². The standard InChI is InChI=1S/C18H19N3O3/c22-14-16-6-7-17(12-18(16)21(23)24)20-10-8-19(9-11-20)13-15-4-2-1-3-5-15/h1-7,12,14H,8-11,13H2. The molecule has 0 aromatic heterocycles. The molecule has 0 saturated carbocycles. The van der Waals surface area contributed by atoms with Crippen molar-refractivity contribution in [1.82, 2.24) is 4.90 Å². The third kappa shape index (κ3) is 3.60. The first kappa shape index (κ1) is 16.1. The fourth-order valence-electron chi connectivity index (χ4n) is 2.99. The molecule has 2 aromatic rings. The maximum absolute atomic E-state index is 11.1. The van der Waals surface area contributed by atoms with Gasteiger partial charge in [-0.25, -0.2) is 0 Å². The van der Waals surface area contributed by atoms with E-state index in [0.29, 0.717) is 6.29 Å².